The van der Waals surface area contributed by atoms with E-state index in [1.165, 1.54) is 32.9 Å². The molecule has 150 valence electrons. The van der Waals surface area contributed by atoms with Crippen LogP contribution < -0.4 is 9.75 Å². The van der Waals surface area contributed by atoms with Crippen LogP contribution in [0.3, 0.4) is 0 Å². The van der Waals surface area contributed by atoms with Gasteiger partial charge in [0.2, 0.25) is 16.9 Å². The van der Waals surface area contributed by atoms with Crippen molar-refractivity contribution < 1.29 is 8.98 Å². The summed E-state index contributed by atoms with van der Waals surface area (Å²) in [7, 11) is 0.771. The van der Waals surface area contributed by atoms with Crippen molar-refractivity contribution in [2.75, 3.05) is 0 Å². The van der Waals surface area contributed by atoms with Crippen molar-refractivity contribution in [2.24, 2.45) is 7.05 Å². The van der Waals surface area contributed by atoms with E-state index >= 15 is 0 Å². The van der Waals surface area contributed by atoms with Crippen LogP contribution in [0.5, 0.6) is 0 Å². The van der Waals surface area contributed by atoms with Crippen molar-refractivity contribution >= 4 is 46.2 Å². The lowest BCUT2D eigenvalue weighted by atomic mass is 9.96. The first-order valence-electron chi connectivity index (χ1n) is 10.5. The van der Waals surface area contributed by atoms with E-state index in [1.807, 2.05) is 6.07 Å². The van der Waals surface area contributed by atoms with Gasteiger partial charge in [0, 0.05) is 34.5 Å². The summed E-state index contributed by atoms with van der Waals surface area (Å²) in [5.41, 5.74) is 7.71. The maximum atomic E-state index is 6.30. The molecule has 4 heteroatoms. The molecule has 0 bridgehead atoms. The zero-order chi connectivity index (χ0) is 21.2. The topological polar surface area (TPSA) is 29.9 Å². The molecule has 0 unspecified atom stereocenters. The molecule has 0 aliphatic rings. The van der Waals surface area contributed by atoms with Crippen molar-refractivity contribution in [1.29, 1.82) is 0 Å². The number of furan rings is 1. The van der Waals surface area contributed by atoms with Gasteiger partial charge in [0.05, 0.1) is 13.6 Å². The summed E-state index contributed by atoms with van der Waals surface area (Å²) in [6.07, 6.45) is 1.79. The first-order valence-corrected chi connectivity index (χ1v) is 14.0. The molecule has 0 amide bonds. The summed E-state index contributed by atoms with van der Waals surface area (Å²) >= 11 is 0. The molecule has 0 fully saturated rings. The monoisotopic (exact) mass is 411 g/mol. The molecule has 0 atom stereocenters. The van der Waals surface area contributed by atoms with Crippen LogP contribution in [0, 0.1) is 13.8 Å². The van der Waals surface area contributed by atoms with Crippen molar-refractivity contribution in [1.82, 2.24) is 4.98 Å². The fraction of sp³-hybridized carbons (Fsp3) is 0.231. The average molecular weight is 412 g/mol. The van der Waals surface area contributed by atoms with Gasteiger partial charge in [-0.1, -0.05) is 30.9 Å². The molecular weight excluding hydrogens is 384 g/mol. The summed E-state index contributed by atoms with van der Waals surface area (Å²) in [6, 6.07) is 17.7. The van der Waals surface area contributed by atoms with Crippen LogP contribution in [-0.2, 0) is 7.05 Å². The average Bonchev–Trinajstić information content (AvgIpc) is 3.07. The predicted molar refractivity (Wildman–Crippen MR) is 128 cm³/mol. The number of rotatable bonds is 2. The Hall–Kier alpha value is -2.98. The van der Waals surface area contributed by atoms with Gasteiger partial charge >= 0.3 is 0 Å². The van der Waals surface area contributed by atoms with Crippen LogP contribution in [0.25, 0.3) is 44.2 Å². The number of pyridine rings is 2. The van der Waals surface area contributed by atoms with E-state index < -0.39 is 8.07 Å². The molecule has 2 aromatic carbocycles. The van der Waals surface area contributed by atoms with Gasteiger partial charge < -0.3 is 4.42 Å². The van der Waals surface area contributed by atoms with Crippen molar-refractivity contribution in [3.8, 4) is 11.3 Å². The molecular formula is C26H27N2OSi+. The molecule has 0 saturated carbocycles. The number of fused-ring (bicyclic) bond motifs is 4. The smallest absolute Gasteiger partial charge is 0.227 e. The molecule has 0 N–H and O–H groups in total. The quantitative estimate of drug-likeness (QED) is 0.272. The third kappa shape index (κ3) is 2.78. The molecule has 3 heterocycles. The second-order valence-corrected chi connectivity index (χ2v) is 14.4. The summed E-state index contributed by atoms with van der Waals surface area (Å²) in [4.78, 5) is 4.45. The Morgan fingerprint density at radius 1 is 0.933 bits per heavy atom. The van der Waals surface area contributed by atoms with Crippen LogP contribution in [0.2, 0.25) is 19.6 Å². The fourth-order valence-corrected chi connectivity index (χ4v) is 5.54. The molecule has 0 radical (unpaired) electrons. The largest absolute Gasteiger partial charge is 0.437 e. The van der Waals surface area contributed by atoms with Crippen LogP contribution in [-0.4, -0.2) is 13.1 Å². The Balaban J connectivity index is 1.88. The second-order valence-electron chi connectivity index (χ2n) is 9.33. The Bertz CT molecular complexity index is 1460. The number of aromatic nitrogens is 2. The van der Waals surface area contributed by atoms with Crippen molar-refractivity contribution in [3.63, 3.8) is 0 Å². The minimum Gasteiger partial charge on any atom is -0.437 e. The zero-order valence-electron chi connectivity index (χ0n) is 18.5. The summed E-state index contributed by atoms with van der Waals surface area (Å²) in [6.45, 7) is 11.6. The molecule has 5 aromatic rings. The Morgan fingerprint density at radius 3 is 2.47 bits per heavy atom. The number of aryl methyl sites for hydroxylation is 2. The van der Waals surface area contributed by atoms with E-state index in [0.29, 0.717) is 5.71 Å². The van der Waals surface area contributed by atoms with E-state index in [2.05, 4.69) is 92.6 Å². The molecule has 3 nitrogen and oxygen atoms in total. The van der Waals surface area contributed by atoms with Gasteiger partial charge in [-0.2, -0.15) is 4.57 Å². The molecule has 0 saturated heterocycles. The fourth-order valence-electron chi connectivity index (χ4n) is 4.38. The Labute approximate surface area is 178 Å². The highest BCUT2D eigenvalue weighted by Gasteiger charge is 2.25. The molecule has 0 aliphatic heterocycles. The van der Waals surface area contributed by atoms with Crippen LogP contribution in [0.4, 0.5) is 0 Å². The predicted octanol–water partition coefficient (Wildman–Crippen LogP) is 5.79. The summed E-state index contributed by atoms with van der Waals surface area (Å²) < 4.78 is 8.62. The zero-order valence-corrected chi connectivity index (χ0v) is 19.5. The molecule has 5 rings (SSSR count). The summed E-state index contributed by atoms with van der Waals surface area (Å²) in [5.74, 6) is 0. The van der Waals surface area contributed by atoms with Gasteiger partial charge in [-0.3, -0.25) is 0 Å². The first-order chi connectivity index (χ1) is 14.3. The lowest BCUT2D eigenvalue weighted by Gasteiger charge is -2.16. The third-order valence-corrected chi connectivity index (χ3v) is 8.40. The highest BCUT2D eigenvalue weighted by atomic mass is 28.3. The molecule has 30 heavy (non-hydrogen) atoms. The normalized spacial score (nSPS) is 12.3. The van der Waals surface area contributed by atoms with Crippen LogP contribution in [0.1, 0.15) is 11.1 Å². The Morgan fingerprint density at radius 2 is 1.70 bits per heavy atom. The number of hydrogen-bond acceptors (Lipinski definition) is 2. The standard InChI is InChI=1S/C26H27N2OSi/c1-16-14-21-20-8-7-13-27-26(20)29-25(21)24(17(16)2)22-12-10-18-9-11-19(30(4,5)6)15-23(18)28(22)3/h7-15H,1-6H3/q+1. The van der Waals surface area contributed by atoms with Crippen molar-refractivity contribution in [2.45, 2.75) is 33.5 Å². The van der Waals surface area contributed by atoms with E-state index in [0.717, 1.165) is 21.9 Å². The second kappa shape index (κ2) is 6.51. The molecule has 0 aliphatic carbocycles. The Kier molecular flexibility index (Phi) is 4.12. The number of benzene rings is 2. The van der Waals surface area contributed by atoms with Gasteiger partial charge in [0.15, 0.2) is 5.58 Å². The third-order valence-electron chi connectivity index (χ3n) is 6.36. The maximum Gasteiger partial charge on any atom is 0.227 e. The van der Waals surface area contributed by atoms with Crippen molar-refractivity contribution in [3.05, 3.63) is 65.9 Å². The van der Waals surface area contributed by atoms with Gasteiger partial charge in [-0.15, -0.1) is 0 Å². The number of hydrogen-bond donors (Lipinski definition) is 0. The lowest BCUT2D eigenvalue weighted by Crippen LogP contribution is -2.39. The van der Waals surface area contributed by atoms with Gasteiger partial charge in [0.1, 0.15) is 7.05 Å². The minimum atomic E-state index is -1.40. The number of nitrogens with zero attached hydrogens (tertiary/aromatic N) is 2. The van der Waals surface area contributed by atoms with Gasteiger partial charge in [-0.05, 0) is 55.3 Å². The van der Waals surface area contributed by atoms with Gasteiger partial charge in [0.25, 0.3) is 0 Å². The SMILES string of the molecule is Cc1cc2c(oc3ncccc32)c(-c2ccc3ccc([Si](C)(C)C)cc3[n+]2C)c1C. The lowest BCUT2D eigenvalue weighted by molar-refractivity contribution is -0.633. The van der Waals surface area contributed by atoms with E-state index in [9.17, 15) is 0 Å². The highest BCUT2D eigenvalue weighted by Crippen LogP contribution is 2.38. The minimum absolute atomic E-state index is 0.697. The van der Waals surface area contributed by atoms with E-state index in [4.69, 9.17) is 4.42 Å². The summed E-state index contributed by atoms with van der Waals surface area (Å²) in [5, 5.41) is 4.94. The first kappa shape index (κ1) is 19.0. The van der Waals surface area contributed by atoms with Crippen LogP contribution >= 0.6 is 0 Å². The van der Waals surface area contributed by atoms with E-state index in [-0.39, 0.29) is 0 Å². The highest BCUT2D eigenvalue weighted by molar-refractivity contribution is 6.88. The van der Waals surface area contributed by atoms with E-state index in [1.54, 1.807) is 6.20 Å². The van der Waals surface area contributed by atoms with Gasteiger partial charge in [-0.25, -0.2) is 4.98 Å². The molecule has 3 aromatic heterocycles. The maximum absolute atomic E-state index is 6.30. The molecule has 0 spiro atoms. The van der Waals surface area contributed by atoms with Crippen LogP contribution in [0.15, 0.2) is 59.1 Å².